The fourth-order valence-electron chi connectivity index (χ4n) is 1.98. The molecule has 2 rings (SSSR count). The number of carbonyl (C=O) groups is 2. The van der Waals surface area contributed by atoms with Gasteiger partial charge in [-0.1, -0.05) is 23.7 Å². The van der Waals surface area contributed by atoms with Gasteiger partial charge in [0.2, 0.25) is 0 Å². The van der Waals surface area contributed by atoms with E-state index in [4.69, 9.17) is 11.6 Å². The van der Waals surface area contributed by atoms with Gasteiger partial charge in [-0.3, -0.25) is 4.79 Å². The molecule has 23 heavy (non-hydrogen) atoms. The molecule has 0 unspecified atom stereocenters. The lowest BCUT2D eigenvalue weighted by molar-refractivity contribution is -0.167. The predicted molar refractivity (Wildman–Crippen MR) is 76.6 cm³/mol. The van der Waals surface area contributed by atoms with Crippen LogP contribution >= 0.6 is 11.6 Å². The fourth-order valence-corrected chi connectivity index (χ4v) is 2.29. The van der Waals surface area contributed by atoms with Crippen LogP contribution in [0, 0.1) is 0 Å². The highest BCUT2D eigenvalue weighted by Crippen LogP contribution is 2.39. The first-order valence-electron chi connectivity index (χ1n) is 6.07. The van der Waals surface area contributed by atoms with E-state index in [0.29, 0.717) is 0 Å². The maximum Gasteiger partial charge on any atom is 0.471 e. The summed E-state index contributed by atoms with van der Waals surface area (Å²) in [5.74, 6) is -3.56. The molecular formula is C14H9ClF3NO4. The average Bonchev–Trinajstić information content (AvgIpc) is 2.49. The lowest BCUT2D eigenvalue weighted by Gasteiger charge is -2.14. The second-order valence-corrected chi connectivity index (χ2v) is 4.83. The van der Waals surface area contributed by atoms with Crippen molar-refractivity contribution in [3.8, 4) is 5.75 Å². The number of nitrogens with one attached hydrogen (secondary N) is 1. The van der Waals surface area contributed by atoms with Gasteiger partial charge < -0.3 is 15.2 Å². The number of hydrogen-bond acceptors (Lipinski definition) is 4. The molecule has 2 aromatic carbocycles. The van der Waals surface area contributed by atoms with E-state index in [9.17, 15) is 27.9 Å². The molecule has 1 amide bonds. The molecule has 0 radical (unpaired) electrons. The molecule has 0 saturated carbocycles. The largest absolute Gasteiger partial charge is 0.506 e. The zero-order valence-corrected chi connectivity index (χ0v) is 12.2. The van der Waals surface area contributed by atoms with E-state index in [1.165, 1.54) is 18.2 Å². The normalized spacial score (nSPS) is 11.3. The number of hydrogen-bond donors (Lipinski definition) is 2. The Hall–Kier alpha value is -2.48. The van der Waals surface area contributed by atoms with E-state index >= 15 is 0 Å². The van der Waals surface area contributed by atoms with Gasteiger partial charge in [-0.05, 0) is 12.1 Å². The van der Waals surface area contributed by atoms with Crippen molar-refractivity contribution in [3.63, 3.8) is 0 Å². The van der Waals surface area contributed by atoms with Crippen LogP contribution in [0.3, 0.4) is 0 Å². The molecule has 0 aromatic heterocycles. The fraction of sp³-hybridized carbons (Fsp3) is 0.143. The molecule has 2 N–H and O–H groups in total. The van der Waals surface area contributed by atoms with Gasteiger partial charge in [0.25, 0.3) is 0 Å². The van der Waals surface area contributed by atoms with Gasteiger partial charge in [0.05, 0.1) is 17.8 Å². The number of benzene rings is 2. The Morgan fingerprint density at radius 1 is 1.30 bits per heavy atom. The van der Waals surface area contributed by atoms with E-state index in [2.05, 4.69) is 4.74 Å². The van der Waals surface area contributed by atoms with E-state index in [-0.39, 0.29) is 27.0 Å². The highest BCUT2D eigenvalue weighted by atomic mass is 35.5. The Balaban J connectivity index is 2.65. The Bertz CT molecular complexity index is 805. The minimum atomic E-state index is -5.08. The summed E-state index contributed by atoms with van der Waals surface area (Å²) >= 11 is 5.99. The highest BCUT2D eigenvalue weighted by molar-refractivity contribution is 6.38. The molecule has 0 aliphatic carbocycles. The van der Waals surface area contributed by atoms with Crippen LogP contribution in [-0.2, 0) is 9.53 Å². The summed E-state index contributed by atoms with van der Waals surface area (Å²) in [5, 5.41) is 11.6. The number of anilines is 1. The smallest absolute Gasteiger partial charge is 0.471 e. The Kier molecular flexibility index (Phi) is 4.37. The molecule has 0 saturated heterocycles. The predicted octanol–water partition coefficient (Wildman–Crippen LogP) is 3.49. The Morgan fingerprint density at radius 3 is 2.52 bits per heavy atom. The first-order chi connectivity index (χ1) is 10.7. The van der Waals surface area contributed by atoms with E-state index in [1.54, 1.807) is 5.32 Å². The van der Waals surface area contributed by atoms with Crippen molar-refractivity contribution in [2.45, 2.75) is 6.18 Å². The van der Waals surface area contributed by atoms with Gasteiger partial charge in [-0.25, -0.2) is 4.79 Å². The number of aromatic hydroxyl groups is 1. The second-order valence-electron chi connectivity index (χ2n) is 4.43. The van der Waals surface area contributed by atoms with Gasteiger partial charge in [-0.15, -0.1) is 0 Å². The van der Waals surface area contributed by atoms with Crippen LogP contribution in [0.15, 0.2) is 24.3 Å². The van der Waals surface area contributed by atoms with Crippen LogP contribution in [0.4, 0.5) is 18.9 Å². The number of esters is 1. The Morgan fingerprint density at radius 2 is 1.96 bits per heavy atom. The summed E-state index contributed by atoms with van der Waals surface area (Å²) in [6, 6.07) is 4.88. The molecule has 0 atom stereocenters. The summed E-state index contributed by atoms with van der Waals surface area (Å²) in [7, 11) is 1.10. The van der Waals surface area contributed by atoms with Crippen LogP contribution in [0.2, 0.25) is 5.02 Å². The number of phenolic OH excluding ortho intramolecular Hbond substituents is 1. The van der Waals surface area contributed by atoms with Crippen LogP contribution in [-0.4, -0.2) is 30.3 Å². The topological polar surface area (TPSA) is 75.6 Å². The molecular weight excluding hydrogens is 339 g/mol. The molecule has 9 heteroatoms. The maximum atomic E-state index is 12.4. The lowest BCUT2D eigenvalue weighted by atomic mass is 10.0. The van der Waals surface area contributed by atoms with E-state index < -0.39 is 23.8 Å². The number of amides is 1. The van der Waals surface area contributed by atoms with Crippen LogP contribution in [0.5, 0.6) is 5.75 Å². The van der Waals surface area contributed by atoms with Crippen molar-refractivity contribution in [1.82, 2.24) is 0 Å². The number of methoxy groups -OCH3 is 1. The van der Waals surface area contributed by atoms with Gasteiger partial charge in [0, 0.05) is 10.8 Å². The third-order valence-electron chi connectivity index (χ3n) is 3.00. The van der Waals surface area contributed by atoms with E-state index in [0.717, 1.165) is 13.2 Å². The summed E-state index contributed by atoms with van der Waals surface area (Å²) in [4.78, 5) is 22.6. The van der Waals surface area contributed by atoms with Crippen molar-refractivity contribution in [2.24, 2.45) is 0 Å². The monoisotopic (exact) mass is 347 g/mol. The second kappa shape index (κ2) is 5.96. The number of fused-ring (bicyclic) bond motifs is 1. The quantitative estimate of drug-likeness (QED) is 0.815. The summed E-state index contributed by atoms with van der Waals surface area (Å²) < 4.78 is 41.6. The zero-order chi connectivity index (χ0) is 17.4. The van der Waals surface area contributed by atoms with Crippen molar-refractivity contribution >= 4 is 39.9 Å². The maximum absolute atomic E-state index is 12.4. The Labute approximate surface area is 132 Å². The van der Waals surface area contributed by atoms with Gasteiger partial charge in [0.15, 0.2) is 0 Å². The minimum Gasteiger partial charge on any atom is -0.506 e. The highest BCUT2D eigenvalue weighted by Gasteiger charge is 2.39. The number of carbonyl (C=O) groups excluding carboxylic acids is 2. The molecule has 0 aliphatic rings. The first-order valence-corrected chi connectivity index (χ1v) is 6.45. The minimum absolute atomic E-state index is 0.00197. The number of alkyl halides is 3. The van der Waals surface area contributed by atoms with Gasteiger partial charge >= 0.3 is 18.1 Å². The number of ether oxygens (including phenoxy) is 1. The standard InChI is InChI=1S/C14H9ClF3NO4/c1-23-12(21)7-5-8(15)10-6(11(7)20)3-2-4-9(10)19-13(22)14(16,17)18/h2-5,20H,1H3,(H,19,22). The molecule has 0 aliphatic heterocycles. The van der Waals surface area contributed by atoms with Crippen molar-refractivity contribution in [2.75, 3.05) is 12.4 Å². The van der Waals surface area contributed by atoms with Crippen molar-refractivity contribution in [1.29, 1.82) is 0 Å². The molecule has 5 nitrogen and oxygen atoms in total. The van der Waals surface area contributed by atoms with Crippen LogP contribution in [0.1, 0.15) is 10.4 Å². The van der Waals surface area contributed by atoms with Gasteiger partial charge in [-0.2, -0.15) is 13.2 Å². The van der Waals surface area contributed by atoms with Crippen LogP contribution < -0.4 is 5.32 Å². The molecule has 0 heterocycles. The summed E-state index contributed by atoms with van der Waals surface area (Å²) in [6.07, 6.45) is -5.08. The first kappa shape index (κ1) is 16.9. The van der Waals surface area contributed by atoms with Crippen molar-refractivity contribution < 1.29 is 32.6 Å². The van der Waals surface area contributed by atoms with Gasteiger partial charge in [0.1, 0.15) is 11.3 Å². The lowest BCUT2D eigenvalue weighted by Crippen LogP contribution is -2.30. The SMILES string of the molecule is COC(=O)c1cc(Cl)c2c(NC(=O)C(F)(F)F)cccc2c1O. The molecule has 122 valence electrons. The molecule has 0 bridgehead atoms. The zero-order valence-electron chi connectivity index (χ0n) is 11.5. The van der Waals surface area contributed by atoms with Crippen molar-refractivity contribution in [3.05, 3.63) is 34.9 Å². The third kappa shape index (κ3) is 3.16. The summed E-state index contributed by atoms with van der Waals surface area (Å²) in [5.41, 5.74) is -0.495. The van der Waals surface area contributed by atoms with E-state index in [1.807, 2.05) is 0 Å². The third-order valence-corrected chi connectivity index (χ3v) is 3.29. The molecule has 2 aromatic rings. The number of rotatable bonds is 2. The molecule has 0 spiro atoms. The average molecular weight is 348 g/mol. The van der Waals surface area contributed by atoms with Crippen LogP contribution in [0.25, 0.3) is 10.8 Å². The number of phenols is 1. The summed E-state index contributed by atoms with van der Waals surface area (Å²) in [6.45, 7) is 0. The number of halogens is 4. The molecule has 0 fully saturated rings.